The Morgan fingerprint density at radius 1 is 1.33 bits per heavy atom. The Kier molecular flexibility index (Phi) is 2.36. The molecule has 5 heteroatoms. The van der Waals surface area contributed by atoms with Crippen LogP contribution in [0.3, 0.4) is 0 Å². The van der Waals surface area contributed by atoms with Gasteiger partial charge >= 0.3 is 0 Å². The predicted molar refractivity (Wildman–Crippen MR) is 57.8 cm³/mol. The van der Waals surface area contributed by atoms with E-state index in [1.165, 1.54) is 4.90 Å². The summed E-state index contributed by atoms with van der Waals surface area (Å²) >= 11 is 5.94. The van der Waals surface area contributed by atoms with Crippen LogP contribution in [0.5, 0.6) is 0 Å². The van der Waals surface area contributed by atoms with E-state index in [0.29, 0.717) is 16.4 Å². The van der Waals surface area contributed by atoms with Crippen molar-refractivity contribution >= 4 is 34.7 Å². The number of nitrogens with zero attached hydrogens (tertiary/aromatic N) is 1. The first kappa shape index (κ1) is 9.98. The van der Waals surface area contributed by atoms with E-state index in [2.05, 4.69) is 0 Å². The topological polar surface area (TPSA) is 63.4 Å². The van der Waals surface area contributed by atoms with Crippen LogP contribution < -0.4 is 10.6 Å². The lowest BCUT2D eigenvalue weighted by atomic mass is 10.2. The lowest BCUT2D eigenvalue weighted by Crippen LogP contribution is -2.25. The Bertz CT molecular complexity index is 425. The van der Waals surface area contributed by atoms with Gasteiger partial charge in [0.05, 0.1) is 29.4 Å². The van der Waals surface area contributed by atoms with E-state index < -0.39 is 0 Å². The fourth-order valence-corrected chi connectivity index (χ4v) is 1.89. The minimum atomic E-state index is -0.250. The zero-order valence-electron chi connectivity index (χ0n) is 7.87. The van der Waals surface area contributed by atoms with Gasteiger partial charge in [0.2, 0.25) is 5.91 Å². The SMILES string of the molecule is Nc1cccc(Cl)c1N1CC(=O)CC1=O. The third-order valence-corrected chi connectivity index (χ3v) is 2.58. The van der Waals surface area contributed by atoms with E-state index in [4.69, 9.17) is 17.3 Å². The normalized spacial score (nSPS) is 16.2. The van der Waals surface area contributed by atoms with E-state index in [9.17, 15) is 9.59 Å². The zero-order chi connectivity index (χ0) is 11.0. The number of carbonyl (C=O) groups excluding carboxylic acids is 2. The molecule has 78 valence electrons. The summed E-state index contributed by atoms with van der Waals surface area (Å²) in [7, 11) is 0. The number of carbonyl (C=O) groups is 2. The average Bonchev–Trinajstić information content (AvgIpc) is 2.45. The molecule has 1 aromatic rings. The number of rotatable bonds is 1. The van der Waals surface area contributed by atoms with Crippen LogP contribution >= 0.6 is 11.6 Å². The monoisotopic (exact) mass is 224 g/mol. The molecule has 0 aliphatic carbocycles. The van der Waals surface area contributed by atoms with Crippen LogP contribution in [0.1, 0.15) is 6.42 Å². The minimum absolute atomic E-state index is 0.0623. The molecule has 15 heavy (non-hydrogen) atoms. The third kappa shape index (κ3) is 1.68. The van der Waals surface area contributed by atoms with Gasteiger partial charge in [-0.15, -0.1) is 0 Å². The van der Waals surface area contributed by atoms with Crippen LogP contribution in [0.2, 0.25) is 5.02 Å². The van der Waals surface area contributed by atoms with Gasteiger partial charge in [0, 0.05) is 0 Å². The number of hydrogen-bond donors (Lipinski definition) is 1. The number of nitrogens with two attached hydrogens (primary N) is 1. The quantitative estimate of drug-likeness (QED) is 0.577. The Balaban J connectivity index is 2.46. The van der Waals surface area contributed by atoms with Crippen LogP contribution in [0.15, 0.2) is 18.2 Å². The summed E-state index contributed by atoms with van der Waals surface area (Å²) in [5, 5.41) is 0.387. The van der Waals surface area contributed by atoms with Crippen LogP contribution in [-0.4, -0.2) is 18.2 Å². The molecule has 2 N–H and O–H groups in total. The van der Waals surface area contributed by atoms with Gasteiger partial charge in [0.15, 0.2) is 5.78 Å². The second-order valence-corrected chi connectivity index (χ2v) is 3.78. The number of anilines is 2. The molecular formula is C10H9ClN2O2. The molecule has 1 saturated heterocycles. The fraction of sp³-hybridized carbons (Fsp3) is 0.200. The van der Waals surface area contributed by atoms with Crippen LogP contribution in [0, 0.1) is 0 Å². The number of nitrogen functional groups attached to an aromatic ring is 1. The molecule has 1 aromatic carbocycles. The van der Waals surface area contributed by atoms with Crippen molar-refractivity contribution in [3.8, 4) is 0 Å². The number of ketones is 1. The Morgan fingerprint density at radius 2 is 2.07 bits per heavy atom. The molecule has 1 fully saturated rings. The van der Waals surface area contributed by atoms with Gasteiger partial charge in [0.25, 0.3) is 0 Å². The molecule has 0 atom stereocenters. The molecule has 1 aliphatic rings. The van der Waals surface area contributed by atoms with Crippen molar-refractivity contribution in [2.24, 2.45) is 0 Å². The summed E-state index contributed by atoms with van der Waals surface area (Å²) in [6.07, 6.45) is -0.0648. The molecule has 0 unspecified atom stereocenters. The lowest BCUT2D eigenvalue weighted by Gasteiger charge is -2.18. The molecule has 0 spiro atoms. The standard InChI is InChI=1S/C10H9ClN2O2/c11-7-2-1-3-8(12)10(7)13-5-6(14)4-9(13)15/h1-3H,4-5,12H2. The Labute approximate surface area is 91.6 Å². The number of benzene rings is 1. The van der Waals surface area contributed by atoms with Crippen molar-refractivity contribution in [2.45, 2.75) is 6.42 Å². The first-order chi connectivity index (χ1) is 7.09. The minimum Gasteiger partial charge on any atom is -0.397 e. The van der Waals surface area contributed by atoms with Crippen molar-refractivity contribution in [3.05, 3.63) is 23.2 Å². The van der Waals surface area contributed by atoms with E-state index in [-0.39, 0.29) is 24.7 Å². The van der Waals surface area contributed by atoms with Gasteiger partial charge in [-0.3, -0.25) is 9.59 Å². The molecular weight excluding hydrogens is 216 g/mol. The average molecular weight is 225 g/mol. The number of halogens is 1. The van der Waals surface area contributed by atoms with Crippen LogP contribution in [-0.2, 0) is 9.59 Å². The van der Waals surface area contributed by atoms with E-state index >= 15 is 0 Å². The Morgan fingerprint density at radius 3 is 2.60 bits per heavy atom. The highest BCUT2D eigenvalue weighted by Gasteiger charge is 2.30. The lowest BCUT2D eigenvalue weighted by molar-refractivity contribution is -0.121. The Hall–Kier alpha value is -1.55. The molecule has 1 aliphatic heterocycles. The van der Waals surface area contributed by atoms with Gasteiger partial charge < -0.3 is 10.6 Å². The first-order valence-electron chi connectivity index (χ1n) is 4.45. The number of hydrogen-bond acceptors (Lipinski definition) is 3. The summed E-state index contributed by atoms with van der Waals surface area (Å²) in [6, 6.07) is 4.99. The first-order valence-corrected chi connectivity index (χ1v) is 4.83. The van der Waals surface area contributed by atoms with Gasteiger partial charge in [0.1, 0.15) is 0 Å². The van der Waals surface area contributed by atoms with Crippen molar-refractivity contribution in [3.63, 3.8) is 0 Å². The van der Waals surface area contributed by atoms with E-state index in [1.807, 2.05) is 0 Å². The maximum absolute atomic E-state index is 11.5. The summed E-state index contributed by atoms with van der Waals surface area (Å²) < 4.78 is 0. The summed E-state index contributed by atoms with van der Waals surface area (Å²) in [5.41, 5.74) is 6.57. The molecule has 1 heterocycles. The second-order valence-electron chi connectivity index (χ2n) is 3.37. The third-order valence-electron chi connectivity index (χ3n) is 2.27. The van der Waals surface area contributed by atoms with Crippen molar-refractivity contribution < 1.29 is 9.59 Å². The van der Waals surface area contributed by atoms with Crippen molar-refractivity contribution in [1.82, 2.24) is 0 Å². The maximum atomic E-state index is 11.5. The molecule has 0 bridgehead atoms. The van der Waals surface area contributed by atoms with Crippen LogP contribution in [0.25, 0.3) is 0 Å². The second kappa shape index (κ2) is 3.55. The molecule has 4 nitrogen and oxygen atoms in total. The summed E-state index contributed by atoms with van der Waals surface area (Å²) in [5.74, 6) is -0.362. The van der Waals surface area contributed by atoms with Crippen molar-refractivity contribution in [1.29, 1.82) is 0 Å². The van der Waals surface area contributed by atoms with Crippen molar-refractivity contribution in [2.75, 3.05) is 17.2 Å². The molecule has 1 amide bonds. The number of Topliss-reactive ketones (excluding diaryl/α,β-unsaturated/α-hetero) is 1. The highest BCUT2D eigenvalue weighted by atomic mass is 35.5. The van der Waals surface area contributed by atoms with Gasteiger partial charge in [-0.25, -0.2) is 0 Å². The van der Waals surface area contributed by atoms with Gasteiger partial charge in [-0.05, 0) is 12.1 Å². The summed E-state index contributed by atoms with van der Waals surface area (Å²) in [4.78, 5) is 23.9. The smallest absolute Gasteiger partial charge is 0.235 e. The molecule has 2 rings (SSSR count). The fourth-order valence-electron chi connectivity index (χ4n) is 1.61. The molecule has 0 saturated carbocycles. The number of amides is 1. The zero-order valence-corrected chi connectivity index (χ0v) is 8.62. The number of para-hydroxylation sites is 1. The highest BCUT2D eigenvalue weighted by Crippen LogP contribution is 2.33. The van der Waals surface area contributed by atoms with E-state index in [0.717, 1.165) is 0 Å². The van der Waals surface area contributed by atoms with Gasteiger partial charge in [-0.2, -0.15) is 0 Å². The maximum Gasteiger partial charge on any atom is 0.235 e. The highest BCUT2D eigenvalue weighted by molar-refractivity contribution is 6.35. The summed E-state index contributed by atoms with van der Waals surface area (Å²) in [6.45, 7) is 0.0623. The predicted octanol–water partition coefficient (Wildman–Crippen LogP) is 1.23. The largest absolute Gasteiger partial charge is 0.397 e. The van der Waals surface area contributed by atoms with Crippen LogP contribution in [0.4, 0.5) is 11.4 Å². The van der Waals surface area contributed by atoms with E-state index in [1.54, 1.807) is 18.2 Å². The molecule has 0 radical (unpaired) electrons. The molecule has 0 aromatic heterocycles. The van der Waals surface area contributed by atoms with Gasteiger partial charge in [-0.1, -0.05) is 17.7 Å².